The summed E-state index contributed by atoms with van der Waals surface area (Å²) in [4.78, 5) is 22.8. The smallest absolute Gasteiger partial charge is 0.308 e. The maximum atomic E-state index is 11.7. The van der Waals surface area contributed by atoms with Crippen LogP contribution in [0.2, 0.25) is 0 Å². The number of aliphatic carboxylic acids is 1. The molecule has 0 saturated heterocycles. The van der Waals surface area contributed by atoms with Gasteiger partial charge in [0.15, 0.2) is 0 Å². The summed E-state index contributed by atoms with van der Waals surface area (Å²) in [5.41, 5.74) is 0. The van der Waals surface area contributed by atoms with E-state index in [0.717, 1.165) is 11.4 Å². The first kappa shape index (κ1) is 16.9. The molecule has 5 nitrogen and oxygen atoms in total. The number of nitrogens with zero attached hydrogens (tertiary/aromatic N) is 1. The Kier molecular flexibility index (Phi) is 7.59. The highest BCUT2D eigenvalue weighted by atomic mass is 16.4. The largest absolute Gasteiger partial charge is 0.481 e. The number of hydrogen-bond donors (Lipinski definition) is 2. The van der Waals surface area contributed by atoms with Gasteiger partial charge >= 0.3 is 5.97 Å². The third-order valence-electron chi connectivity index (χ3n) is 2.76. The molecular weight excluding hydrogens is 232 g/mol. The Bertz CT molecular complexity index is 277. The Hall–Kier alpha value is -1.10. The maximum Gasteiger partial charge on any atom is 0.308 e. The molecule has 0 aromatic heterocycles. The van der Waals surface area contributed by atoms with Crippen molar-refractivity contribution in [1.82, 2.24) is 5.01 Å². The normalized spacial score (nSPS) is 12.8. The molecule has 0 saturated carbocycles. The van der Waals surface area contributed by atoms with Gasteiger partial charge in [-0.15, -0.1) is 0 Å². The molecule has 0 aromatic carbocycles. The van der Waals surface area contributed by atoms with Gasteiger partial charge in [0, 0.05) is 6.42 Å². The maximum absolute atomic E-state index is 11.7. The van der Waals surface area contributed by atoms with Crippen LogP contribution in [-0.4, -0.2) is 28.5 Å². The van der Waals surface area contributed by atoms with Crippen LogP contribution in [0.15, 0.2) is 0 Å². The van der Waals surface area contributed by atoms with Gasteiger partial charge in [-0.3, -0.25) is 14.6 Å². The number of carbonyl (C=O) groups excluding carboxylic acids is 1. The van der Waals surface area contributed by atoms with E-state index in [4.69, 9.17) is 10.9 Å². The SMILES string of the molecule is CC(C)CCC(CN(N)C(=O)CC(C)C)C(=O)O. The van der Waals surface area contributed by atoms with Crippen molar-refractivity contribution in [3.63, 3.8) is 0 Å². The number of amides is 1. The molecule has 0 fully saturated rings. The molecule has 1 unspecified atom stereocenters. The monoisotopic (exact) mass is 258 g/mol. The first-order chi connectivity index (χ1) is 8.23. The summed E-state index contributed by atoms with van der Waals surface area (Å²) in [6, 6.07) is 0. The van der Waals surface area contributed by atoms with Crippen molar-refractivity contribution in [3.8, 4) is 0 Å². The fourth-order valence-electron chi connectivity index (χ4n) is 1.63. The van der Waals surface area contributed by atoms with Crippen LogP contribution in [0, 0.1) is 17.8 Å². The molecule has 0 aromatic rings. The topological polar surface area (TPSA) is 83.6 Å². The van der Waals surface area contributed by atoms with E-state index in [-0.39, 0.29) is 18.4 Å². The Morgan fingerprint density at radius 3 is 2.06 bits per heavy atom. The summed E-state index contributed by atoms with van der Waals surface area (Å²) in [5, 5.41) is 10.2. The van der Waals surface area contributed by atoms with E-state index in [9.17, 15) is 9.59 Å². The first-order valence-corrected chi connectivity index (χ1v) is 6.51. The van der Waals surface area contributed by atoms with E-state index in [1.54, 1.807) is 0 Å². The summed E-state index contributed by atoms with van der Waals surface area (Å²) in [7, 11) is 0. The van der Waals surface area contributed by atoms with Gasteiger partial charge in [0.05, 0.1) is 12.5 Å². The van der Waals surface area contributed by atoms with Crippen molar-refractivity contribution in [2.24, 2.45) is 23.6 Å². The van der Waals surface area contributed by atoms with Crippen molar-refractivity contribution in [3.05, 3.63) is 0 Å². The minimum absolute atomic E-state index is 0.0909. The zero-order valence-electron chi connectivity index (χ0n) is 11.8. The van der Waals surface area contributed by atoms with Crippen LogP contribution < -0.4 is 5.84 Å². The molecule has 0 bridgehead atoms. The third kappa shape index (κ3) is 7.27. The molecule has 3 N–H and O–H groups in total. The summed E-state index contributed by atoms with van der Waals surface area (Å²) in [5.74, 6) is 4.65. The Morgan fingerprint density at radius 1 is 1.11 bits per heavy atom. The number of carboxylic acids is 1. The van der Waals surface area contributed by atoms with Crippen LogP contribution in [0.5, 0.6) is 0 Å². The minimum Gasteiger partial charge on any atom is -0.481 e. The fourth-order valence-corrected chi connectivity index (χ4v) is 1.63. The van der Waals surface area contributed by atoms with Crippen molar-refractivity contribution < 1.29 is 14.7 Å². The molecular formula is C13H26N2O3. The molecule has 0 radical (unpaired) electrons. The Balaban J connectivity index is 4.31. The second-order valence-corrected chi connectivity index (χ2v) is 5.65. The van der Waals surface area contributed by atoms with Gasteiger partial charge in [-0.25, -0.2) is 5.84 Å². The Morgan fingerprint density at radius 2 is 1.67 bits per heavy atom. The van der Waals surface area contributed by atoms with Gasteiger partial charge in [-0.1, -0.05) is 34.1 Å². The number of nitrogens with two attached hydrogens (primary N) is 1. The highest BCUT2D eigenvalue weighted by Crippen LogP contribution is 2.14. The number of carboxylic acid groups (broad SMARTS) is 1. The standard InChI is InChI=1S/C13H26N2O3/c1-9(2)5-6-11(13(17)18)8-15(14)12(16)7-10(3)4/h9-11H,5-8,14H2,1-4H3,(H,17,18). The molecule has 0 heterocycles. The highest BCUT2D eigenvalue weighted by molar-refractivity contribution is 5.77. The average molecular weight is 258 g/mol. The van der Waals surface area contributed by atoms with E-state index in [2.05, 4.69) is 0 Å². The van der Waals surface area contributed by atoms with Crippen LogP contribution in [0.1, 0.15) is 47.0 Å². The summed E-state index contributed by atoms with van der Waals surface area (Å²) in [6.07, 6.45) is 1.73. The molecule has 0 aliphatic carbocycles. The van der Waals surface area contributed by atoms with Gasteiger partial charge < -0.3 is 5.11 Å². The van der Waals surface area contributed by atoms with Crippen LogP contribution in [0.4, 0.5) is 0 Å². The van der Waals surface area contributed by atoms with Crippen LogP contribution in [0.25, 0.3) is 0 Å². The van der Waals surface area contributed by atoms with Crippen LogP contribution in [-0.2, 0) is 9.59 Å². The van der Waals surface area contributed by atoms with Crippen molar-refractivity contribution in [1.29, 1.82) is 0 Å². The zero-order chi connectivity index (χ0) is 14.3. The Labute approximate surface area is 109 Å². The van der Waals surface area contributed by atoms with E-state index in [1.165, 1.54) is 0 Å². The predicted octanol–water partition coefficient (Wildman–Crippen LogP) is 1.87. The highest BCUT2D eigenvalue weighted by Gasteiger charge is 2.22. The molecule has 0 aliphatic heterocycles. The molecule has 1 amide bonds. The second-order valence-electron chi connectivity index (χ2n) is 5.65. The lowest BCUT2D eigenvalue weighted by Gasteiger charge is -2.22. The summed E-state index contributed by atoms with van der Waals surface area (Å²) < 4.78 is 0. The number of hydrazine groups is 1. The van der Waals surface area contributed by atoms with Crippen LogP contribution >= 0.6 is 0 Å². The summed E-state index contributed by atoms with van der Waals surface area (Å²) >= 11 is 0. The number of rotatable bonds is 8. The zero-order valence-corrected chi connectivity index (χ0v) is 11.8. The number of carbonyl (C=O) groups is 2. The lowest BCUT2D eigenvalue weighted by atomic mass is 9.97. The van der Waals surface area contributed by atoms with Crippen LogP contribution in [0.3, 0.4) is 0 Å². The summed E-state index contributed by atoms with van der Waals surface area (Å²) in [6.45, 7) is 8.04. The molecule has 1 atom stereocenters. The molecule has 0 rings (SSSR count). The van der Waals surface area contributed by atoms with E-state index >= 15 is 0 Å². The molecule has 0 spiro atoms. The molecule has 18 heavy (non-hydrogen) atoms. The lowest BCUT2D eigenvalue weighted by molar-refractivity contribution is -0.144. The van der Waals surface area contributed by atoms with Gasteiger partial charge in [-0.2, -0.15) is 0 Å². The van der Waals surface area contributed by atoms with Gasteiger partial charge in [0.2, 0.25) is 5.91 Å². The third-order valence-corrected chi connectivity index (χ3v) is 2.76. The van der Waals surface area contributed by atoms with Crippen molar-refractivity contribution in [2.75, 3.05) is 6.54 Å². The van der Waals surface area contributed by atoms with E-state index in [1.807, 2.05) is 27.7 Å². The molecule has 106 valence electrons. The van der Waals surface area contributed by atoms with Crippen molar-refractivity contribution in [2.45, 2.75) is 47.0 Å². The number of hydrogen-bond acceptors (Lipinski definition) is 3. The fraction of sp³-hybridized carbons (Fsp3) is 0.846. The minimum atomic E-state index is -0.886. The lowest BCUT2D eigenvalue weighted by Crippen LogP contribution is -2.43. The predicted molar refractivity (Wildman–Crippen MR) is 70.6 cm³/mol. The molecule has 0 aliphatic rings. The quantitative estimate of drug-likeness (QED) is 0.395. The van der Waals surface area contributed by atoms with E-state index in [0.29, 0.717) is 18.8 Å². The first-order valence-electron chi connectivity index (χ1n) is 6.51. The second kappa shape index (κ2) is 8.08. The van der Waals surface area contributed by atoms with E-state index < -0.39 is 11.9 Å². The van der Waals surface area contributed by atoms with Gasteiger partial charge in [0.25, 0.3) is 0 Å². The van der Waals surface area contributed by atoms with Gasteiger partial charge in [0.1, 0.15) is 0 Å². The van der Waals surface area contributed by atoms with Crippen molar-refractivity contribution >= 4 is 11.9 Å². The average Bonchev–Trinajstić information content (AvgIpc) is 2.21. The van der Waals surface area contributed by atoms with Gasteiger partial charge in [-0.05, 0) is 18.3 Å². The molecule has 5 heteroatoms.